The minimum absolute atomic E-state index is 0.0841. The van der Waals surface area contributed by atoms with Crippen LogP contribution in [0.3, 0.4) is 0 Å². The molecular weight excluding hydrogens is 295 g/mol. The van der Waals surface area contributed by atoms with Crippen molar-refractivity contribution in [3.63, 3.8) is 0 Å². The summed E-state index contributed by atoms with van der Waals surface area (Å²) in [7, 11) is 0. The second kappa shape index (κ2) is 6.80. The summed E-state index contributed by atoms with van der Waals surface area (Å²) in [6.07, 6.45) is 4.92. The van der Waals surface area contributed by atoms with Crippen LogP contribution in [0.15, 0.2) is 18.2 Å². The monoisotopic (exact) mass is 312 g/mol. The van der Waals surface area contributed by atoms with Crippen molar-refractivity contribution in [2.24, 2.45) is 0 Å². The van der Waals surface area contributed by atoms with Crippen LogP contribution in [0.2, 0.25) is 0 Å². The minimum atomic E-state index is -1.28. The van der Waals surface area contributed by atoms with Gasteiger partial charge in [-0.1, -0.05) is 0 Å². The summed E-state index contributed by atoms with van der Waals surface area (Å²) in [5, 5.41) is 14.9. The van der Waals surface area contributed by atoms with Crippen LogP contribution in [0, 0.1) is 5.82 Å². The van der Waals surface area contributed by atoms with E-state index in [0.717, 1.165) is 31.4 Å². The molecule has 1 aliphatic carbocycles. The van der Waals surface area contributed by atoms with Gasteiger partial charge in [0, 0.05) is 11.3 Å². The van der Waals surface area contributed by atoms with Gasteiger partial charge in [0.05, 0.1) is 11.3 Å². The molecule has 0 saturated heterocycles. The Balaban J connectivity index is 1.98. The Morgan fingerprint density at radius 3 is 2.76 bits per heavy atom. The Bertz CT molecular complexity index is 553. The Labute approximate surface area is 126 Å². The maximum Gasteiger partial charge on any atom is 0.337 e. The first-order valence-corrected chi connectivity index (χ1v) is 7.91. The lowest BCUT2D eigenvalue weighted by molar-refractivity contribution is 0.0697. The highest BCUT2D eigenvalue weighted by Gasteiger charge is 2.25. The fourth-order valence-electron chi connectivity index (χ4n) is 2.43. The molecule has 2 unspecified atom stereocenters. The number of nitrogens with one attached hydrogen (secondary N) is 2. The van der Waals surface area contributed by atoms with Crippen LogP contribution in [-0.4, -0.2) is 34.7 Å². The second-order valence-corrected chi connectivity index (χ2v) is 6.10. The lowest BCUT2D eigenvalue weighted by atomic mass is 10.1. The van der Waals surface area contributed by atoms with Crippen molar-refractivity contribution in [1.29, 1.82) is 0 Å². The molecule has 114 valence electrons. The predicted molar refractivity (Wildman–Crippen MR) is 80.5 cm³/mol. The van der Waals surface area contributed by atoms with Gasteiger partial charge in [0.15, 0.2) is 0 Å². The molecule has 5 nitrogen and oxygen atoms in total. The van der Waals surface area contributed by atoms with E-state index < -0.39 is 17.8 Å². The van der Waals surface area contributed by atoms with Gasteiger partial charge in [0.25, 0.3) is 0 Å². The minimum Gasteiger partial charge on any atom is -0.478 e. The molecule has 7 heteroatoms. The van der Waals surface area contributed by atoms with Crippen molar-refractivity contribution < 1.29 is 19.1 Å². The number of thioether (sulfide) groups is 1. The number of carboxylic acid groups (broad SMARTS) is 1. The Morgan fingerprint density at radius 2 is 2.14 bits per heavy atom. The molecule has 2 amide bonds. The highest BCUT2D eigenvalue weighted by Crippen LogP contribution is 2.28. The maximum absolute atomic E-state index is 13.1. The molecule has 1 aromatic rings. The molecule has 0 spiro atoms. The molecule has 21 heavy (non-hydrogen) atoms. The number of carbonyl (C=O) groups excluding carboxylic acids is 1. The van der Waals surface area contributed by atoms with E-state index in [9.17, 15) is 14.0 Å². The summed E-state index contributed by atoms with van der Waals surface area (Å²) in [6.45, 7) is 0. The van der Waals surface area contributed by atoms with E-state index in [0.29, 0.717) is 5.25 Å². The van der Waals surface area contributed by atoms with Gasteiger partial charge in [-0.3, -0.25) is 0 Å². The zero-order chi connectivity index (χ0) is 15.4. The number of hydrogen-bond acceptors (Lipinski definition) is 3. The molecule has 3 N–H and O–H groups in total. The van der Waals surface area contributed by atoms with Crippen molar-refractivity contribution >= 4 is 29.4 Å². The summed E-state index contributed by atoms with van der Waals surface area (Å²) in [5.41, 5.74) is -0.181. The van der Waals surface area contributed by atoms with Gasteiger partial charge >= 0.3 is 12.0 Å². The van der Waals surface area contributed by atoms with Crippen molar-refractivity contribution in [2.45, 2.75) is 30.6 Å². The fraction of sp³-hybridized carbons (Fsp3) is 0.429. The van der Waals surface area contributed by atoms with E-state index in [1.54, 1.807) is 11.8 Å². The van der Waals surface area contributed by atoms with Crippen molar-refractivity contribution in [3.05, 3.63) is 29.6 Å². The summed E-state index contributed by atoms with van der Waals surface area (Å²) in [5.74, 6) is -1.94. The zero-order valence-electron chi connectivity index (χ0n) is 11.6. The van der Waals surface area contributed by atoms with Crippen molar-refractivity contribution in [1.82, 2.24) is 5.32 Å². The van der Waals surface area contributed by atoms with Gasteiger partial charge in [-0.2, -0.15) is 11.8 Å². The summed E-state index contributed by atoms with van der Waals surface area (Å²) in [6, 6.07) is 2.88. The zero-order valence-corrected chi connectivity index (χ0v) is 12.4. The number of carbonyl (C=O) groups is 2. The third-order valence-corrected chi connectivity index (χ3v) is 4.61. The maximum atomic E-state index is 13.1. The topological polar surface area (TPSA) is 78.4 Å². The lowest BCUT2D eigenvalue weighted by Gasteiger charge is -2.14. The van der Waals surface area contributed by atoms with Crippen LogP contribution in [0.4, 0.5) is 14.9 Å². The number of halogens is 1. The third kappa shape index (κ3) is 4.10. The molecule has 0 aromatic heterocycles. The van der Waals surface area contributed by atoms with Crippen molar-refractivity contribution in [3.8, 4) is 0 Å². The molecule has 2 atom stereocenters. The van der Waals surface area contributed by atoms with E-state index in [1.807, 2.05) is 6.26 Å². The quantitative estimate of drug-likeness (QED) is 0.799. The van der Waals surface area contributed by atoms with Gasteiger partial charge < -0.3 is 15.7 Å². The average Bonchev–Trinajstić information content (AvgIpc) is 2.88. The number of urea groups is 1. The number of carboxylic acids is 1. The first-order valence-electron chi connectivity index (χ1n) is 6.62. The van der Waals surface area contributed by atoms with E-state index in [1.165, 1.54) is 6.07 Å². The van der Waals surface area contributed by atoms with Crippen LogP contribution in [-0.2, 0) is 0 Å². The van der Waals surface area contributed by atoms with E-state index >= 15 is 0 Å². The normalized spacial score (nSPS) is 21.0. The Hall–Kier alpha value is -1.76. The molecular formula is C14H17FN2O3S. The lowest BCUT2D eigenvalue weighted by Crippen LogP contribution is -2.36. The highest BCUT2D eigenvalue weighted by atomic mass is 32.2. The van der Waals surface area contributed by atoms with E-state index in [-0.39, 0.29) is 17.3 Å². The summed E-state index contributed by atoms with van der Waals surface area (Å²) < 4.78 is 13.1. The molecule has 0 bridgehead atoms. The Morgan fingerprint density at radius 1 is 1.38 bits per heavy atom. The fourth-order valence-corrected chi connectivity index (χ4v) is 3.23. The molecule has 1 aliphatic rings. The second-order valence-electron chi connectivity index (χ2n) is 4.96. The molecule has 0 heterocycles. The van der Waals surface area contributed by atoms with Crippen LogP contribution in [0.1, 0.15) is 29.6 Å². The van der Waals surface area contributed by atoms with Crippen LogP contribution in [0.5, 0.6) is 0 Å². The van der Waals surface area contributed by atoms with Gasteiger partial charge in [0.1, 0.15) is 5.82 Å². The van der Waals surface area contributed by atoms with Crippen LogP contribution < -0.4 is 10.6 Å². The average molecular weight is 312 g/mol. The first-order chi connectivity index (χ1) is 9.99. The predicted octanol–water partition coefficient (Wildman–Crippen LogP) is 2.93. The van der Waals surface area contributed by atoms with Crippen molar-refractivity contribution in [2.75, 3.05) is 11.6 Å². The standard InChI is InChI=1S/C14H17FN2O3S/c1-21-10-4-3-9(7-10)16-14(20)17-12-5-2-8(15)6-11(12)13(18)19/h2,5-6,9-10H,3-4,7H2,1H3,(H,18,19)(H2,16,17,20). The molecule has 0 radical (unpaired) electrons. The number of aromatic carboxylic acids is 1. The van der Waals surface area contributed by atoms with E-state index in [2.05, 4.69) is 10.6 Å². The van der Waals surface area contributed by atoms with Gasteiger partial charge in [-0.25, -0.2) is 14.0 Å². The molecule has 2 rings (SSSR count). The SMILES string of the molecule is CSC1CCC(NC(=O)Nc2ccc(F)cc2C(=O)O)C1. The van der Waals surface area contributed by atoms with Crippen LogP contribution in [0.25, 0.3) is 0 Å². The number of hydrogen-bond donors (Lipinski definition) is 3. The smallest absolute Gasteiger partial charge is 0.337 e. The van der Waals surface area contributed by atoms with Crippen LogP contribution >= 0.6 is 11.8 Å². The van der Waals surface area contributed by atoms with Gasteiger partial charge in [-0.05, 0) is 43.7 Å². The largest absolute Gasteiger partial charge is 0.478 e. The molecule has 1 aromatic carbocycles. The number of amides is 2. The van der Waals surface area contributed by atoms with Gasteiger partial charge in [0.2, 0.25) is 0 Å². The number of anilines is 1. The first kappa shape index (κ1) is 15.6. The number of benzene rings is 1. The third-order valence-electron chi connectivity index (χ3n) is 3.51. The molecule has 1 saturated carbocycles. The summed E-state index contributed by atoms with van der Waals surface area (Å²) in [4.78, 5) is 22.9. The number of rotatable bonds is 4. The van der Waals surface area contributed by atoms with Gasteiger partial charge in [-0.15, -0.1) is 0 Å². The van der Waals surface area contributed by atoms with E-state index in [4.69, 9.17) is 5.11 Å². The molecule has 1 fully saturated rings. The summed E-state index contributed by atoms with van der Waals surface area (Å²) >= 11 is 1.78. The Kier molecular flexibility index (Phi) is 5.06. The highest BCUT2D eigenvalue weighted by molar-refractivity contribution is 7.99. The molecule has 0 aliphatic heterocycles.